The van der Waals surface area contributed by atoms with Crippen LogP contribution in [0.15, 0.2) is 23.5 Å². The van der Waals surface area contributed by atoms with Gasteiger partial charge < -0.3 is 14.6 Å². The number of ether oxygens (including phenoxy) is 2. The first-order valence-electron chi connectivity index (χ1n) is 5.28. The average Bonchev–Trinajstić information content (AvgIpc) is 2.99. The van der Waals surface area contributed by atoms with Crippen molar-refractivity contribution < 1.29 is 24.2 Å². The van der Waals surface area contributed by atoms with E-state index in [4.69, 9.17) is 9.47 Å². The number of aliphatic hydroxyl groups is 1. The second kappa shape index (κ2) is 3.78. The first-order chi connectivity index (χ1) is 7.93. The second-order valence-corrected chi connectivity index (χ2v) is 4.42. The zero-order valence-corrected chi connectivity index (χ0v) is 9.89. The maximum atomic E-state index is 11.9. The summed E-state index contributed by atoms with van der Waals surface area (Å²) in [4.78, 5) is 23.6. The fourth-order valence-corrected chi connectivity index (χ4v) is 2.00. The van der Waals surface area contributed by atoms with Crippen LogP contribution >= 0.6 is 0 Å². The SMILES string of the molecule is COC1=CC(=O)[C@@]2([C@H](O)C=C(C)C)O[C@H]2C1=O. The molecule has 1 fully saturated rings. The van der Waals surface area contributed by atoms with Gasteiger partial charge in [0.2, 0.25) is 5.78 Å². The zero-order chi connectivity index (χ0) is 12.8. The molecule has 1 heterocycles. The fraction of sp³-hybridized carbons (Fsp3) is 0.500. The molecule has 0 spiro atoms. The minimum Gasteiger partial charge on any atom is -0.493 e. The van der Waals surface area contributed by atoms with E-state index in [1.807, 2.05) is 0 Å². The number of ketones is 2. The number of fused-ring (bicyclic) bond motifs is 1. The quantitative estimate of drug-likeness (QED) is 0.559. The highest BCUT2D eigenvalue weighted by Crippen LogP contribution is 2.46. The predicted molar refractivity (Wildman–Crippen MR) is 58.1 cm³/mol. The first-order valence-corrected chi connectivity index (χ1v) is 5.28. The van der Waals surface area contributed by atoms with Crippen LogP contribution in [0, 0.1) is 0 Å². The van der Waals surface area contributed by atoms with Crippen molar-refractivity contribution in [1.29, 1.82) is 0 Å². The lowest BCUT2D eigenvalue weighted by Crippen LogP contribution is -2.43. The van der Waals surface area contributed by atoms with Crippen LogP contribution in [0.25, 0.3) is 0 Å². The average molecular weight is 238 g/mol. The number of methoxy groups -OCH3 is 1. The smallest absolute Gasteiger partial charge is 0.229 e. The molecular weight excluding hydrogens is 224 g/mol. The van der Waals surface area contributed by atoms with Crippen LogP contribution in [0.3, 0.4) is 0 Å². The molecule has 0 aromatic rings. The minimum absolute atomic E-state index is 0.0162. The van der Waals surface area contributed by atoms with Gasteiger partial charge in [-0.05, 0) is 13.8 Å². The molecule has 1 aliphatic heterocycles. The van der Waals surface area contributed by atoms with E-state index in [1.54, 1.807) is 13.8 Å². The summed E-state index contributed by atoms with van der Waals surface area (Å²) in [7, 11) is 1.32. The molecule has 0 radical (unpaired) electrons. The standard InChI is InChI=1S/C12H14O5/c1-6(2)4-8(13)12-9(14)5-7(16-3)10(15)11(12)17-12/h4-5,8,11,13H,1-3H3/t8-,11+,12-/m1/s1. The number of carbonyl (C=O) groups is 2. The third kappa shape index (κ3) is 1.62. The van der Waals surface area contributed by atoms with Crippen LogP contribution in [0.2, 0.25) is 0 Å². The van der Waals surface area contributed by atoms with E-state index in [1.165, 1.54) is 13.2 Å². The van der Waals surface area contributed by atoms with Gasteiger partial charge in [0, 0.05) is 6.08 Å². The Morgan fingerprint density at radius 1 is 1.59 bits per heavy atom. The first kappa shape index (κ1) is 12.0. The number of rotatable bonds is 3. The van der Waals surface area contributed by atoms with Crippen molar-refractivity contribution in [3.63, 3.8) is 0 Å². The van der Waals surface area contributed by atoms with Gasteiger partial charge in [0.25, 0.3) is 0 Å². The summed E-state index contributed by atoms with van der Waals surface area (Å²) in [5.41, 5.74) is -0.570. The van der Waals surface area contributed by atoms with Gasteiger partial charge in [-0.15, -0.1) is 0 Å². The van der Waals surface area contributed by atoms with E-state index < -0.39 is 29.4 Å². The Kier molecular flexibility index (Phi) is 2.67. The Labute approximate surface area is 98.7 Å². The van der Waals surface area contributed by atoms with E-state index in [-0.39, 0.29) is 5.76 Å². The van der Waals surface area contributed by atoms with Crippen molar-refractivity contribution >= 4 is 11.6 Å². The molecule has 0 unspecified atom stereocenters. The van der Waals surface area contributed by atoms with Crippen LogP contribution in [-0.2, 0) is 19.1 Å². The molecule has 0 saturated carbocycles. The van der Waals surface area contributed by atoms with Crippen molar-refractivity contribution in [2.75, 3.05) is 7.11 Å². The molecule has 1 saturated heterocycles. The van der Waals surface area contributed by atoms with Crippen molar-refractivity contribution in [2.45, 2.75) is 31.7 Å². The Balaban J connectivity index is 2.33. The molecular formula is C12H14O5. The van der Waals surface area contributed by atoms with Crippen LogP contribution in [-0.4, -0.2) is 41.6 Å². The number of carbonyl (C=O) groups excluding carboxylic acids is 2. The Morgan fingerprint density at radius 2 is 2.24 bits per heavy atom. The van der Waals surface area contributed by atoms with Gasteiger partial charge >= 0.3 is 0 Å². The molecule has 0 aromatic heterocycles. The molecule has 3 atom stereocenters. The molecule has 1 aliphatic carbocycles. The fourth-order valence-electron chi connectivity index (χ4n) is 2.00. The monoisotopic (exact) mass is 238 g/mol. The normalized spacial score (nSPS) is 32.5. The Morgan fingerprint density at radius 3 is 2.76 bits per heavy atom. The Bertz CT molecular complexity index is 444. The maximum absolute atomic E-state index is 11.9. The number of hydrogen-bond donors (Lipinski definition) is 1. The van der Waals surface area contributed by atoms with Crippen molar-refractivity contribution in [3.05, 3.63) is 23.5 Å². The summed E-state index contributed by atoms with van der Waals surface area (Å²) in [6.07, 6.45) is 0.578. The van der Waals surface area contributed by atoms with Gasteiger partial charge in [-0.3, -0.25) is 9.59 Å². The third-order valence-corrected chi connectivity index (χ3v) is 2.92. The summed E-state index contributed by atoms with van der Waals surface area (Å²) >= 11 is 0. The summed E-state index contributed by atoms with van der Waals surface area (Å²) in [5, 5.41) is 9.95. The van der Waals surface area contributed by atoms with E-state index in [0.717, 1.165) is 11.6 Å². The summed E-state index contributed by atoms with van der Waals surface area (Å²) in [5.74, 6) is -0.838. The van der Waals surface area contributed by atoms with Crippen molar-refractivity contribution in [1.82, 2.24) is 0 Å². The number of allylic oxidation sites excluding steroid dienone is 1. The molecule has 0 bridgehead atoms. The van der Waals surface area contributed by atoms with Gasteiger partial charge in [0.15, 0.2) is 23.2 Å². The molecule has 0 amide bonds. The van der Waals surface area contributed by atoms with Crippen LogP contribution in [0.4, 0.5) is 0 Å². The molecule has 5 heteroatoms. The van der Waals surface area contributed by atoms with Crippen molar-refractivity contribution in [3.8, 4) is 0 Å². The third-order valence-electron chi connectivity index (χ3n) is 2.92. The molecule has 17 heavy (non-hydrogen) atoms. The van der Waals surface area contributed by atoms with E-state index in [0.29, 0.717) is 0 Å². The lowest BCUT2D eigenvalue weighted by Gasteiger charge is -2.18. The zero-order valence-electron chi connectivity index (χ0n) is 9.89. The second-order valence-electron chi connectivity index (χ2n) is 4.42. The van der Waals surface area contributed by atoms with E-state index in [9.17, 15) is 14.7 Å². The highest BCUT2D eigenvalue weighted by Gasteiger charge is 2.71. The Hall–Kier alpha value is -1.46. The van der Waals surface area contributed by atoms with Gasteiger partial charge in [-0.2, -0.15) is 0 Å². The largest absolute Gasteiger partial charge is 0.493 e. The molecule has 92 valence electrons. The molecule has 1 N–H and O–H groups in total. The highest BCUT2D eigenvalue weighted by atomic mass is 16.6. The van der Waals surface area contributed by atoms with Crippen LogP contribution < -0.4 is 0 Å². The van der Waals surface area contributed by atoms with Crippen molar-refractivity contribution in [2.24, 2.45) is 0 Å². The lowest BCUT2D eigenvalue weighted by atomic mass is 9.85. The highest BCUT2D eigenvalue weighted by molar-refractivity contribution is 6.17. The minimum atomic E-state index is -1.42. The number of aliphatic hydroxyl groups excluding tert-OH is 1. The van der Waals surface area contributed by atoms with Gasteiger partial charge in [-0.25, -0.2) is 0 Å². The van der Waals surface area contributed by atoms with E-state index >= 15 is 0 Å². The van der Waals surface area contributed by atoms with Crippen LogP contribution in [0.1, 0.15) is 13.8 Å². The summed E-state index contributed by atoms with van der Waals surface area (Å²) in [6.45, 7) is 3.59. The molecule has 2 rings (SSSR count). The predicted octanol–water partition coefficient (Wildman–Crippen LogP) is 0.133. The topological polar surface area (TPSA) is 76.1 Å². The number of hydrogen-bond acceptors (Lipinski definition) is 5. The maximum Gasteiger partial charge on any atom is 0.229 e. The number of epoxide rings is 1. The van der Waals surface area contributed by atoms with Crippen LogP contribution in [0.5, 0.6) is 0 Å². The molecule has 2 aliphatic rings. The number of Topliss-reactive ketones (excluding diaryl/α,β-unsaturated/α-hetero) is 1. The van der Waals surface area contributed by atoms with Gasteiger partial charge in [0.05, 0.1) is 7.11 Å². The van der Waals surface area contributed by atoms with E-state index in [2.05, 4.69) is 0 Å². The summed E-state index contributed by atoms with van der Waals surface area (Å²) in [6, 6.07) is 0. The molecule has 5 nitrogen and oxygen atoms in total. The summed E-state index contributed by atoms with van der Waals surface area (Å²) < 4.78 is 9.95. The van der Waals surface area contributed by atoms with Gasteiger partial charge in [0.1, 0.15) is 6.10 Å². The van der Waals surface area contributed by atoms with Gasteiger partial charge in [-0.1, -0.05) is 11.6 Å². The lowest BCUT2D eigenvalue weighted by molar-refractivity contribution is -0.126. The molecule has 0 aromatic carbocycles.